The first kappa shape index (κ1) is 15.7. The lowest BCUT2D eigenvalue weighted by Crippen LogP contribution is -2.28. The Kier molecular flexibility index (Phi) is 3.48. The molecule has 5 rings (SSSR count). The summed E-state index contributed by atoms with van der Waals surface area (Å²) >= 11 is 0. The van der Waals surface area contributed by atoms with Crippen molar-refractivity contribution >= 4 is 23.7 Å². The van der Waals surface area contributed by atoms with E-state index in [2.05, 4.69) is 17.3 Å². The molecule has 0 aromatic heterocycles. The third-order valence-electron chi connectivity index (χ3n) is 6.19. The summed E-state index contributed by atoms with van der Waals surface area (Å²) in [6.45, 7) is 1.75. The van der Waals surface area contributed by atoms with Crippen molar-refractivity contribution in [3.05, 3.63) is 41.7 Å². The molecular formula is C20H20FN3O2. The van der Waals surface area contributed by atoms with E-state index >= 15 is 0 Å². The first-order valence-electron chi connectivity index (χ1n) is 9.28. The first-order chi connectivity index (χ1) is 12.6. The number of fused-ring (bicyclic) bond motifs is 5. The molecule has 2 heterocycles. The standard InChI is InChI=1S/C20H20FN3O2/c21-15-9-12(3-6-16(15)23-7-1-2-8-23)11-22-24-19(25)17-13-4-5-14(10-13)18(17)20(24)26/h3-6,9,11,13-14,17-18H,1-2,7-8,10H2/t13-,14-,17-,18+/m0/s1. The molecule has 0 unspecified atom stereocenters. The summed E-state index contributed by atoms with van der Waals surface area (Å²) in [6, 6.07) is 4.93. The number of imide groups is 1. The fraction of sp³-hybridized carbons (Fsp3) is 0.450. The third-order valence-corrected chi connectivity index (χ3v) is 6.19. The van der Waals surface area contributed by atoms with Gasteiger partial charge in [0.05, 0.1) is 23.7 Å². The van der Waals surface area contributed by atoms with E-state index in [-0.39, 0.29) is 41.3 Å². The molecule has 2 aliphatic carbocycles. The fourth-order valence-corrected chi connectivity index (χ4v) is 4.94. The van der Waals surface area contributed by atoms with Gasteiger partial charge in [0, 0.05) is 13.1 Å². The SMILES string of the molecule is O=C1[C@@H]2[C@H](C(=O)N1N=Cc1ccc(N3CCCC3)c(F)c1)[C@H]1C=C[C@H]2C1. The Hall–Kier alpha value is -2.50. The summed E-state index contributed by atoms with van der Waals surface area (Å²) in [5.41, 5.74) is 1.15. The Bertz CT molecular complexity index is 813. The Morgan fingerprint density at radius 2 is 1.69 bits per heavy atom. The second kappa shape index (κ2) is 5.76. The van der Waals surface area contributed by atoms with Crippen LogP contribution in [-0.2, 0) is 9.59 Å². The lowest BCUT2D eigenvalue weighted by Gasteiger charge is -2.18. The highest BCUT2D eigenvalue weighted by Crippen LogP contribution is 2.52. The average molecular weight is 353 g/mol. The summed E-state index contributed by atoms with van der Waals surface area (Å²) < 4.78 is 14.4. The molecule has 2 saturated heterocycles. The van der Waals surface area contributed by atoms with Gasteiger partial charge in [0.15, 0.2) is 0 Å². The van der Waals surface area contributed by atoms with E-state index in [1.807, 2.05) is 4.90 Å². The highest BCUT2D eigenvalue weighted by Gasteiger charge is 2.59. The van der Waals surface area contributed by atoms with Crippen LogP contribution in [0.25, 0.3) is 0 Å². The second-order valence-corrected chi connectivity index (χ2v) is 7.64. The Morgan fingerprint density at radius 1 is 1.04 bits per heavy atom. The number of allylic oxidation sites excluding steroid dienone is 2. The molecule has 1 saturated carbocycles. The summed E-state index contributed by atoms with van der Waals surface area (Å²) in [5.74, 6) is -0.927. The van der Waals surface area contributed by atoms with Crippen molar-refractivity contribution in [3.8, 4) is 0 Å². The van der Waals surface area contributed by atoms with Gasteiger partial charge in [-0.2, -0.15) is 10.1 Å². The smallest absolute Gasteiger partial charge is 0.254 e. The van der Waals surface area contributed by atoms with Gasteiger partial charge in [-0.25, -0.2) is 4.39 Å². The molecule has 0 N–H and O–H groups in total. The van der Waals surface area contributed by atoms with Crippen molar-refractivity contribution in [1.82, 2.24) is 5.01 Å². The van der Waals surface area contributed by atoms with Crippen molar-refractivity contribution in [1.29, 1.82) is 0 Å². The number of hydrazone groups is 1. The van der Waals surface area contributed by atoms with Crippen LogP contribution in [0.15, 0.2) is 35.5 Å². The number of benzene rings is 1. The number of hydrogen-bond acceptors (Lipinski definition) is 4. The molecule has 1 aromatic rings. The lowest BCUT2D eigenvalue weighted by atomic mass is 9.85. The van der Waals surface area contributed by atoms with Gasteiger partial charge in [0.1, 0.15) is 5.82 Å². The Balaban J connectivity index is 1.35. The van der Waals surface area contributed by atoms with E-state index in [1.165, 1.54) is 12.3 Å². The molecule has 26 heavy (non-hydrogen) atoms. The van der Waals surface area contributed by atoms with E-state index in [9.17, 15) is 14.0 Å². The van der Waals surface area contributed by atoms with Crippen LogP contribution < -0.4 is 4.90 Å². The summed E-state index contributed by atoms with van der Waals surface area (Å²) in [6.07, 6.45) is 8.58. The third kappa shape index (κ3) is 2.24. The zero-order chi connectivity index (χ0) is 17.8. The van der Waals surface area contributed by atoms with E-state index in [1.54, 1.807) is 12.1 Å². The molecule has 3 fully saturated rings. The van der Waals surface area contributed by atoms with Crippen LogP contribution in [0, 0.1) is 29.5 Å². The van der Waals surface area contributed by atoms with Crippen molar-refractivity contribution in [2.75, 3.05) is 18.0 Å². The number of anilines is 1. The van der Waals surface area contributed by atoms with Gasteiger partial charge in [0.25, 0.3) is 11.8 Å². The van der Waals surface area contributed by atoms with E-state index in [4.69, 9.17) is 0 Å². The molecule has 4 aliphatic rings. The predicted octanol–water partition coefficient (Wildman–Crippen LogP) is 2.57. The van der Waals surface area contributed by atoms with Crippen LogP contribution in [0.3, 0.4) is 0 Å². The minimum absolute atomic E-state index is 0.166. The van der Waals surface area contributed by atoms with Gasteiger partial charge in [-0.1, -0.05) is 18.2 Å². The highest BCUT2D eigenvalue weighted by atomic mass is 19.1. The Labute approximate surface area is 151 Å². The maximum absolute atomic E-state index is 14.4. The molecule has 6 heteroatoms. The molecule has 0 radical (unpaired) electrons. The van der Waals surface area contributed by atoms with Crippen LogP contribution in [0.2, 0.25) is 0 Å². The zero-order valence-corrected chi connectivity index (χ0v) is 14.3. The highest BCUT2D eigenvalue weighted by molar-refractivity contribution is 6.06. The molecule has 2 amide bonds. The van der Waals surface area contributed by atoms with Crippen molar-refractivity contribution in [2.45, 2.75) is 19.3 Å². The van der Waals surface area contributed by atoms with Gasteiger partial charge in [-0.15, -0.1) is 0 Å². The van der Waals surface area contributed by atoms with Crippen LogP contribution in [-0.4, -0.2) is 36.1 Å². The number of carbonyl (C=O) groups is 2. The summed E-state index contributed by atoms with van der Waals surface area (Å²) in [5, 5.41) is 5.10. The molecular weight excluding hydrogens is 333 g/mol. The number of carbonyl (C=O) groups excluding carboxylic acids is 2. The lowest BCUT2D eigenvalue weighted by molar-refractivity contribution is -0.140. The normalized spacial score (nSPS) is 32.5. The number of amides is 2. The number of hydrogen-bond donors (Lipinski definition) is 0. The van der Waals surface area contributed by atoms with Gasteiger partial charge in [-0.3, -0.25) is 9.59 Å². The second-order valence-electron chi connectivity index (χ2n) is 7.64. The maximum Gasteiger partial charge on any atom is 0.254 e. The number of halogens is 1. The van der Waals surface area contributed by atoms with Gasteiger partial charge in [-0.05, 0) is 48.8 Å². The average Bonchev–Trinajstić information content (AvgIpc) is 3.40. The fourth-order valence-electron chi connectivity index (χ4n) is 4.94. The maximum atomic E-state index is 14.4. The predicted molar refractivity (Wildman–Crippen MR) is 95.0 cm³/mol. The van der Waals surface area contributed by atoms with Crippen molar-refractivity contribution in [2.24, 2.45) is 28.8 Å². The van der Waals surface area contributed by atoms with Crippen LogP contribution in [0.1, 0.15) is 24.8 Å². The van der Waals surface area contributed by atoms with Gasteiger partial charge < -0.3 is 4.90 Å². The van der Waals surface area contributed by atoms with E-state index < -0.39 is 0 Å². The summed E-state index contributed by atoms with van der Waals surface area (Å²) in [4.78, 5) is 27.2. The van der Waals surface area contributed by atoms with Crippen molar-refractivity contribution in [3.63, 3.8) is 0 Å². The number of nitrogens with zero attached hydrogens (tertiary/aromatic N) is 3. The minimum Gasteiger partial charge on any atom is -0.369 e. The minimum atomic E-state index is -0.297. The molecule has 0 spiro atoms. The monoisotopic (exact) mass is 353 g/mol. The van der Waals surface area contributed by atoms with Crippen LogP contribution in [0.4, 0.5) is 10.1 Å². The molecule has 4 atom stereocenters. The van der Waals surface area contributed by atoms with Gasteiger partial charge in [0.2, 0.25) is 0 Å². The zero-order valence-electron chi connectivity index (χ0n) is 14.3. The van der Waals surface area contributed by atoms with Crippen molar-refractivity contribution < 1.29 is 14.0 Å². The van der Waals surface area contributed by atoms with E-state index in [0.717, 1.165) is 37.4 Å². The molecule has 5 nitrogen and oxygen atoms in total. The molecule has 134 valence electrons. The topological polar surface area (TPSA) is 53.0 Å². The van der Waals surface area contributed by atoms with Crippen LogP contribution >= 0.6 is 0 Å². The van der Waals surface area contributed by atoms with E-state index in [0.29, 0.717) is 11.3 Å². The quantitative estimate of drug-likeness (QED) is 0.477. The van der Waals surface area contributed by atoms with Gasteiger partial charge >= 0.3 is 0 Å². The largest absolute Gasteiger partial charge is 0.369 e. The molecule has 2 aliphatic heterocycles. The summed E-state index contributed by atoms with van der Waals surface area (Å²) in [7, 11) is 0. The first-order valence-corrected chi connectivity index (χ1v) is 9.28. The molecule has 1 aromatic carbocycles. The van der Waals surface area contributed by atoms with Crippen LogP contribution in [0.5, 0.6) is 0 Å². The number of rotatable bonds is 3. The molecule has 2 bridgehead atoms. The Morgan fingerprint density at radius 3 is 2.31 bits per heavy atom.